The van der Waals surface area contributed by atoms with E-state index in [9.17, 15) is 9.59 Å². The maximum absolute atomic E-state index is 12.9. The minimum absolute atomic E-state index is 0.0171. The van der Waals surface area contributed by atoms with Crippen molar-refractivity contribution < 1.29 is 4.79 Å². The van der Waals surface area contributed by atoms with E-state index in [1.807, 2.05) is 54.3 Å². The van der Waals surface area contributed by atoms with Gasteiger partial charge in [-0.3, -0.25) is 14.7 Å². The monoisotopic (exact) mass is 333 g/mol. The molecule has 126 valence electrons. The maximum Gasteiger partial charge on any atom is 0.269 e. The smallest absolute Gasteiger partial charge is 0.269 e. The summed E-state index contributed by atoms with van der Waals surface area (Å²) in [5.41, 5.74) is 3.96. The molecule has 1 unspecified atom stereocenters. The minimum atomic E-state index is -0.345. The lowest BCUT2D eigenvalue weighted by molar-refractivity contribution is 0.0751. The topological polar surface area (TPSA) is 69.0 Å². The van der Waals surface area contributed by atoms with Crippen LogP contribution in [0.2, 0.25) is 0 Å². The van der Waals surface area contributed by atoms with Gasteiger partial charge < -0.3 is 10.00 Å². The predicted molar refractivity (Wildman–Crippen MR) is 95.6 cm³/mol. The number of H-pyrrole nitrogens is 2. The molecule has 0 fully saturated rings. The molecule has 1 aromatic heterocycles. The summed E-state index contributed by atoms with van der Waals surface area (Å²) in [6.07, 6.45) is 0.748. The van der Waals surface area contributed by atoms with Crippen LogP contribution < -0.4 is 5.56 Å². The normalized spacial score (nSPS) is 16.3. The predicted octanol–water partition coefficient (Wildman–Crippen LogP) is 2.80. The highest BCUT2D eigenvalue weighted by Gasteiger charge is 2.39. The number of carbonyl (C=O) groups excluding carboxylic acids is 1. The number of benzene rings is 2. The Morgan fingerprint density at radius 3 is 2.40 bits per heavy atom. The van der Waals surface area contributed by atoms with Crippen LogP contribution in [0.1, 0.15) is 38.8 Å². The first-order valence-corrected chi connectivity index (χ1v) is 8.38. The SMILES string of the molecule is Cc1[nH][nH]c(=O)c1C1c2ccccc2C(=O)N1CCc1ccccc1. The molecule has 0 aliphatic carbocycles. The Morgan fingerprint density at radius 1 is 0.960 bits per heavy atom. The van der Waals surface area contributed by atoms with Crippen molar-refractivity contribution >= 4 is 5.91 Å². The number of amides is 1. The molecule has 0 spiro atoms. The fourth-order valence-electron chi connectivity index (χ4n) is 3.59. The third-order valence-corrected chi connectivity index (χ3v) is 4.83. The molecule has 4 rings (SSSR count). The molecule has 1 amide bonds. The average molecular weight is 333 g/mol. The molecule has 2 N–H and O–H groups in total. The molecule has 0 bridgehead atoms. The van der Waals surface area contributed by atoms with Gasteiger partial charge in [0.25, 0.3) is 11.5 Å². The van der Waals surface area contributed by atoms with Crippen molar-refractivity contribution in [2.45, 2.75) is 19.4 Å². The number of nitrogens with one attached hydrogen (secondary N) is 2. The summed E-state index contributed by atoms with van der Waals surface area (Å²) in [6, 6.07) is 17.3. The minimum Gasteiger partial charge on any atom is -0.327 e. The molecule has 0 saturated carbocycles. The summed E-state index contributed by atoms with van der Waals surface area (Å²) in [5.74, 6) is -0.0171. The van der Waals surface area contributed by atoms with Crippen molar-refractivity contribution in [3.05, 3.63) is 92.9 Å². The molecule has 1 aliphatic heterocycles. The Kier molecular flexibility index (Phi) is 3.76. The van der Waals surface area contributed by atoms with Gasteiger partial charge in [-0.05, 0) is 30.5 Å². The van der Waals surface area contributed by atoms with Crippen molar-refractivity contribution in [2.24, 2.45) is 0 Å². The second-order valence-electron chi connectivity index (χ2n) is 6.34. The zero-order valence-corrected chi connectivity index (χ0v) is 14.0. The number of hydrogen-bond donors (Lipinski definition) is 2. The number of nitrogens with zero attached hydrogens (tertiary/aromatic N) is 1. The molecule has 0 saturated heterocycles. The first-order chi connectivity index (χ1) is 12.2. The van der Waals surface area contributed by atoms with Gasteiger partial charge in [-0.25, -0.2) is 0 Å². The number of hydrogen-bond acceptors (Lipinski definition) is 2. The van der Waals surface area contributed by atoms with Crippen LogP contribution in [-0.2, 0) is 6.42 Å². The summed E-state index contributed by atoms with van der Waals surface area (Å²) < 4.78 is 0. The van der Waals surface area contributed by atoms with Crippen molar-refractivity contribution in [1.29, 1.82) is 0 Å². The number of rotatable bonds is 4. The molecule has 1 atom stereocenters. The highest BCUT2D eigenvalue weighted by atomic mass is 16.2. The summed E-state index contributed by atoms with van der Waals surface area (Å²) >= 11 is 0. The van der Waals surface area contributed by atoms with E-state index in [4.69, 9.17) is 0 Å². The van der Waals surface area contributed by atoms with E-state index in [0.29, 0.717) is 17.7 Å². The van der Waals surface area contributed by atoms with Crippen LogP contribution in [0.4, 0.5) is 0 Å². The van der Waals surface area contributed by atoms with Crippen LogP contribution in [0, 0.1) is 6.92 Å². The zero-order chi connectivity index (χ0) is 17.4. The average Bonchev–Trinajstić information content (AvgIpc) is 3.11. The van der Waals surface area contributed by atoms with Gasteiger partial charge in [0.2, 0.25) is 0 Å². The second kappa shape index (κ2) is 6.09. The zero-order valence-electron chi connectivity index (χ0n) is 14.0. The third kappa shape index (κ3) is 2.58. The van der Waals surface area contributed by atoms with Gasteiger partial charge >= 0.3 is 0 Å². The second-order valence-corrected chi connectivity index (χ2v) is 6.34. The summed E-state index contributed by atoms with van der Waals surface area (Å²) in [5, 5.41) is 5.51. The van der Waals surface area contributed by atoms with E-state index in [1.165, 1.54) is 5.56 Å². The number of carbonyl (C=O) groups is 1. The van der Waals surface area contributed by atoms with Crippen LogP contribution >= 0.6 is 0 Å². The van der Waals surface area contributed by atoms with E-state index in [0.717, 1.165) is 17.7 Å². The summed E-state index contributed by atoms with van der Waals surface area (Å²) in [6.45, 7) is 2.42. The van der Waals surface area contributed by atoms with Crippen molar-refractivity contribution in [3.63, 3.8) is 0 Å². The van der Waals surface area contributed by atoms with E-state index in [-0.39, 0.29) is 17.5 Å². The molecular weight excluding hydrogens is 314 g/mol. The van der Waals surface area contributed by atoms with Gasteiger partial charge in [0.1, 0.15) is 0 Å². The van der Waals surface area contributed by atoms with E-state index >= 15 is 0 Å². The van der Waals surface area contributed by atoms with Crippen LogP contribution in [0.25, 0.3) is 0 Å². The molecular formula is C20H19N3O2. The van der Waals surface area contributed by atoms with Gasteiger partial charge in [0.05, 0.1) is 11.6 Å². The van der Waals surface area contributed by atoms with Crippen LogP contribution in [0.5, 0.6) is 0 Å². The fourth-order valence-corrected chi connectivity index (χ4v) is 3.59. The third-order valence-electron chi connectivity index (χ3n) is 4.83. The highest BCUT2D eigenvalue weighted by Crippen LogP contribution is 2.37. The lowest BCUT2D eigenvalue weighted by Gasteiger charge is -2.25. The standard InChI is InChI=1S/C20H19N3O2/c1-13-17(19(24)22-21-13)18-15-9-5-6-10-16(15)20(25)23(18)12-11-14-7-3-2-4-8-14/h2-10,18H,11-12H2,1H3,(H2,21,22,24). The molecule has 3 aromatic rings. The van der Waals surface area contributed by atoms with E-state index < -0.39 is 0 Å². The maximum atomic E-state index is 12.9. The molecule has 5 nitrogen and oxygen atoms in total. The van der Waals surface area contributed by atoms with Crippen LogP contribution in [-0.4, -0.2) is 27.5 Å². The molecule has 1 aliphatic rings. The van der Waals surface area contributed by atoms with Crippen molar-refractivity contribution in [3.8, 4) is 0 Å². The lowest BCUT2D eigenvalue weighted by Crippen LogP contribution is -2.33. The first kappa shape index (κ1) is 15.4. The summed E-state index contributed by atoms with van der Waals surface area (Å²) in [4.78, 5) is 27.1. The Bertz CT molecular complexity index is 972. The highest BCUT2D eigenvalue weighted by molar-refractivity contribution is 5.99. The number of aromatic amines is 2. The number of fused-ring (bicyclic) bond motifs is 1. The molecule has 5 heteroatoms. The van der Waals surface area contributed by atoms with Crippen LogP contribution in [0.15, 0.2) is 59.4 Å². The first-order valence-electron chi connectivity index (χ1n) is 8.38. The van der Waals surface area contributed by atoms with Crippen molar-refractivity contribution in [2.75, 3.05) is 6.54 Å². The molecule has 2 heterocycles. The van der Waals surface area contributed by atoms with E-state index in [1.54, 1.807) is 0 Å². The van der Waals surface area contributed by atoms with Crippen molar-refractivity contribution in [1.82, 2.24) is 15.1 Å². The Morgan fingerprint density at radius 2 is 1.68 bits per heavy atom. The largest absolute Gasteiger partial charge is 0.327 e. The molecule has 0 radical (unpaired) electrons. The summed E-state index contributed by atoms with van der Waals surface area (Å²) in [7, 11) is 0. The Hall–Kier alpha value is -3.08. The Labute approximate surface area is 145 Å². The van der Waals surface area contributed by atoms with Gasteiger partial charge in [0, 0.05) is 17.8 Å². The van der Waals surface area contributed by atoms with Gasteiger partial charge in [0.15, 0.2) is 0 Å². The van der Waals surface area contributed by atoms with Gasteiger partial charge in [-0.2, -0.15) is 0 Å². The van der Waals surface area contributed by atoms with Gasteiger partial charge in [-0.1, -0.05) is 48.5 Å². The quantitative estimate of drug-likeness (QED) is 0.771. The van der Waals surface area contributed by atoms with E-state index in [2.05, 4.69) is 22.3 Å². The fraction of sp³-hybridized carbons (Fsp3) is 0.200. The Balaban J connectivity index is 1.74. The number of aromatic nitrogens is 2. The molecule has 25 heavy (non-hydrogen) atoms. The number of aryl methyl sites for hydroxylation is 1. The van der Waals surface area contributed by atoms with Crippen LogP contribution in [0.3, 0.4) is 0 Å². The molecule has 2 aromatic carbocycles. The lowest BCUT2D eigenvalue weighted by atomic mass is 9.98. The van der Waals surface area contributed by atoms with Gasteiger partial charge in [-0.15, -0.1) is 0 Å².